The van der Waals surface area contributed by atoms with Crippen LogP contribution in [-0.4, -0.2) is 54.5 Å². The average Bonchev–Trinajstić information content (AvgIpc) is 3.04. The Hall–Kier alpha value is -2.34. The van der Waals surface area contributed by atoms with Crippen LogP contribution in [-0.2, 0) is 20.7 Å². The summed E-state index contributed by atoms with van der Waals surface area (Å²) in [7, 11) is 1.35. The number of esters is 1. The van der Waals surface area contributed by atoms with Crippen LogP contribution in [0.25, 0.3) is 10.9 Å². The Bertz CT molecular complexity index is 734. The number of piperidine rings is 1. The number of aromatic amines is 1. The molecular weight excluding hydrogens is 318 g/mol. The van der Waals surface area contributed by atoms with E-state index in [1.807, 2.05) is 30.5 Å². The summed E-state index contributed by atoms with van der Waals surface area (Å²) in [6, 6.07) is 7.23. The highest BCUT2D eigenvalue weighted by Crippen LogP contribution is 2.19. The maximum atomic E-state index is 12.4. The van der Waals surface area contributed by atoms with Crippen LogP contribution in [0.5, 0.6) is 0 Å². The Balaban J connectivity index is 1.67. The molecule has 0 unspecified atom stereocenters. The van der Waals surface area contributed by atoms with E-state index in [9.17, 15) is 9.59 Å². The van der Waals surface area contributed by atoms with Gasteiger partial charge in [-0.15, -0.1) is 0 Å². The number of fused-ring (bicyclic) bond motifs is 1. The topological polar surface area (TPSA) is 74.4 Å². The second kappa shape index (κ2) is 8.16. The third-order valence-electron chi connectivity index (χ3n) is 4.74. The van der Waals surface area contributed by atoms with Gasteiger partial charge in [0.1, 0.15) is 6.04 Å². The van der Waals surface area contributed by atoms with Crippen molar-refractivity contribution in [3.05, 3.63) is 36.0 Å². The van der Waals surface area contributed by atoms with Crippen LogP contribution in [0.2, 0.25) is 0 Å². The van der Waals surface area contributed by atoms with Gasteiger partial charge < -0.3 is 15.0 Å². The molecule has 0 radical (unpaired) electrons. The number of rotatable bonds is 6. The zero-order valence-corrected chi connectivity index (χ0v) is 14.6. The van der Waals surface area contributed by atoms with Crippen molar-refractivity contribution in [2.45, 2.75) is 31.7 Å². The van der Waals surface area contributed by atoms with Gasteiger partial charge in [0, 0.05) is 23.5 Å². The Kier molecular flexibility index (Phi) is 5.71. The summed E-state index contributed by atoms with van der Waals surface area (Å²) in [4.78, 5) is 29.8. The first kappa shape index (κ1) is 17.5. The first-order valence-corrected chi connectivity index (χ1v) is 8.82. The normalized spacial score (nSPS) is 16.5. The fraction of sp³-hybridized carbons (Fsp3) is 0.474. The van der Waals surface area contributed by atoms with Crippen molar-refractivity contribution in [3.8, 4) is 0 Å². The van der Waals surface area contributed by atoms with Crippen LogP contribution in [0.1, 0.15) is 24.8 Å². The molecule has 2 heterocycles. The molecule has 1 aliphatic rings. The highest BCUT2D eigenvalue weighted by atomic mass is 16.5. The lowest BCUT2D eigenvalue weighted by Gasteiger charge is -2.26. The first-order chi connectivity index (χ1) is 12.2. The number of carbonyl (C=O) groups excluding carboxylic acids is 2. The molecule has 1 atom stereocenters. The van der Waals surface area contributed by atoms with Gasteiger partial charge in [0.05, 0.1) is 13.7 Å². The number of nitrogens with zero attached hydrogens (tertiary/aromatic N) is 1. The molecule has 0 spiro atoms. The number of para-hydroxylation sites is 1. The molecule has 2 N–H and O–H groups in total. The molecule has 2 aromatic rings. The highest BCUT2D eigenvalue weighted by molar-refractivity contribution is 5.87. The Morgan fingerprint density at radius 2 is 2.00 bits per heavy atom. The number of carbonyl (C=O) groups is 2. The van der Waals surface area contributed by atoms with Gasteiger partial charge in [0.25, 0.3) is 0 Å². The minimum absolute atomic E-state index is 0.128. The predicted molar refractivity (Wildman–Crippen MR) is 96.2 cm³/mol. The lowest BCUT2D eigenvalue weighted by atomic mass is 10.0. The van der Waals surface area contributed by atoms with Gasteiger partial charge in [0.2, 0.25) is 5.91 Å². The van der Waals surface area contributed by atoms with Crippen molar-refractivity contribution in [2.24, 2.45) is 0 Å². The lowest BCUT2D eigenvalue weighted by Crippen LogP contribution is -2.47. The molecule has 1 aliphatic heterocycles. The molecule has 1 saturated heterocycles. The van der Waals surface area contributed by atoms with Crippen molar-refractivity contribution in [1.29, 1.82) is 0 Å². The minimum atomic E-state index is -0.679. The van der Waals surface area contributed by atoms with Crippen molar-refractivity contribution in [1.82, 2.24) is 15.2 Å². The molecule has 1 fully saturated rings. The van der Waals surface area contributed by atoms with Crippen LogP contribution in [0.4, 0.5) is 0 Å². The first-order valence-electron chi connectivity index (χ1n) is 8.82. The quantitative estimate of drug-likeness (QED) is 0.785. The Morgan fingerprint density at radius 1 is 1.24 bits per heavy atom. The molecular formula is C19H25N3O3. The standard InChI is InChI=1S/C19H25N3O3/c1-25-19(24)17(21-18(23)13-22-9-5-2-6-10-22)11-14-12-20-16-8-4-3-7-15(14)16/h3-4,7-8,12,17,20H,2,5-6,9-11,13H2,1H3,(H,21,23)/t17-/m0/s1. The van der Waals surface area contributed by atoms with Crippen LogP contribution in [0, 0.1) is 0 Å². The van der Waals surface area contributed by atoms with Crippen molar-refractivity contribution < 1.29 is 14.3 Å². The maximum Gasteiger partial charge on any atom is 0.328 e. The molecule has 134 valence electrons. The zero-order valence-electron chi connectivity index (χ0n) is 14.6. The van der Waals surface area contributed by atoms with E-state index >= 15 is 0 Å². The fourth-order valence-corrected chi connectivity index (χ4v) is 3.42. The van der Waals surface area contributed by atoms with Crippen molar-refractivity contribution in [3.63, 3.8) is 0 Å². The molecule has 25 heavy (non-hydrogen) atoms. The molecule has 1 amide bonds. The van der Waals surface area contributed by atoms with E-state index in [4.69, 9.17) is 4.74 Å². The summed E-state index contributed by atoms with van der Waals surface area (Å²) in [5, 5.41) is 3.91. The van der Waals surface area contributed by atoms with E-state index in [1.54, 1.807) is 0 Å². The van der Waals surface area contributed by atoms with E-state index in [1.165, 1.54) is 13.5 Å². The number of nitrogens with one attached hydrogen (secondary N) is 2. The number of aromatic nitrogens is 1. The largest absolute Gasteiger partial charge is 0.467 e. The number of H-pyrrole nitrogens is 1. The second-order valence-electron chi connectivity index (χ2n) is 6.54. The summed E-state index contributed by atoms with van der Waals surface area (Å²) in [6.45, 7) is 2.22. The van der Waals surface area contributed by atoms with Crippen molar-refractivity contribution >= 4 is 22.8 Å². The van der Waals surface area contributed by atoms with E-state index in [0.717, 1.165) is 42.4 Å². The SMILES string of the molecule is COC(=O)[C@H](Cc1c[nH]c2ccccc12)NC(=O)CN1CCCCC1. The maximum absolute atomic E-state index is 12.4. The number of likely N-dealkylation sites (tertiary alicyclic amines) is 1. The fourth-order valence-electron chi connectivity index (χ4n) is 3.42. The molecule has 0 saturated carbocycles. The van der Waals surface area contributed by atoms with E-state index in [2.05, 4.69) is 15.2 Å². The molecule has 1 aromatic carbocycles. The number of ether oxygens (including phenoxy) is 1. The number of amides is 1. The van der Waals surface area contributed by atoms with Crippen LogP contribution in [0.15, 0.2) is 30.5 Å². The Morgan fingerprint density at radius 3 is 2.76 bits per heavy atom. The molecule has 1 aromatic heterocycles. The van der Waals surface area contributed by atoms with E-state index in [-0.39, 0.29) is 5.91 Å². The lowest BCUT2D eigenvalue weighted by molar-refractivity contribution is -0.145. The average molecular weight is 343 g/mol. The highest BCUT2D eigenvalue weighted by Gasteiger charge is 2.24. The zero-order chi connectivity index (χ0) is 17.6. The molecule has 6 heteroatoms. The Labute approximate surface area is 147 Å². The second-order valence-corrected chi connectivity index (χ2v) is 6.54. The predicted octanol–water partition coefficient (Wildman–Crippen LogP) is 1.85. The summed E-state index contributed by atoms with van der Waals surface area (Å²) in [5.74, 6) is -0.547. The number of methoxy groups -OCH3 is 1. The third-order valence-corrected chi connectivity index (χ3v) is 4.74. The monoisotopic (exact) mass is 343 g/mol. The molecule has 0 aliphatic carbocycles. The summed E-state index contributed by atoms with van der Waals surface area (Å²) in [5.41, 5.74) is 2.00. The number of hydrogen-bond acceptors (Lipinski definition) is 4. The van der Waals surface area contributed by atoms with Gasteiger partial charge >= 0.3 is 5.97 Å². The van der Waals surface area contributed by atoms with Gasteiger partial charge in [0.15, 0.2) is 0 Å². The van der Waals surface area contributed by atoms with Crippen LogP contribution >= 0.6 is 0 Å². The smallest absolute Gasteiger partial charge is 0.328 e. The van der Waals surface area contributed by atoms with E-state index in [0.29, 0.717) is 13.0 Å². The molecule has 0 bridgehead atoms. The van der Waals surface area contributed by atoms with Gasteiger partial charge in [-0.05, 0) is 37.6 Å². The molecule has 3 rings (SSSR count). The van der Waals surface area contributed by atoms with Gasteiger partial charge in [-0.3, -0.25) is 9.69 Å². The summed E-state index contributed by atoms with van der Waals surface area (Å²) >= 11 is 0. The van der Waals surface area contributed by atoms with Gasteiger partial charge in [-0.25, -0.2) is 4.79 Å². The van der Waals surface area contributed by atoms with Gasteiger partial charge in [-0.1, -0.05) is 24.6 Å². The van der Waals surface area contributed by atoms with Gasteiger partial charge in [-0.2, -0.15) is 0 Å². The third kappa shape index (κ3) is 4.39. The number of hydrogen-bond donors (Lipinski definition) is 2. The minimum Gasteiger partial charge on any atom is -0.467 e. The van der Waals surface area contributed by atoms with Crippen molar-refractivity contribution in [2.75, 3.05) is 26.7 Å². The molecule has 6 nitrogen and oxygen atoms in total. The summed E-state index contributed by atoms with van der Waals surface area (Å²) in [6.07, 6.45) is 5.77. The summed E-state index contributed by atoms with van der Waals surface area (Å²) < 4.78 is 4.89. The van der Waals surface area contributed by atoms with Crippen LogP contribution < -0.4 is 5.32 Å². The number of benzene rings is 1. The van der Waals surface area contributed by atoms with Crippen LogP contribution in [0.3, 0.4) is 0 Å². The van der Waals surface area contributed by atoms with E-state index < -0.39 is 12.0 Å².